The van der Waals surface area contributed by atoms with Gasteiger partial charge in [-0.1, -0.05) is 29.8 Å². The lowest BCUT2D eigenvalue weighted by molar-refractivity contribution is -0.159. The van der Waals surface area contributed by atoms with Crippen LogP contribution in [0, 0.1) is 6.92 Å². The minimum atomic E-state index is -0.401. The van der Waals surface area contributed by atoms with Crippen LogP contribution in [0.1, 0.15) is 24.2 Å². The summed E-state index contributed by atoms with van der Waals surface area (Å²) in [6.07, 6.45) is 1.76. The zero-order valence-electron chi connectivity index (χ0n) is 16.4. The molecule has 2 aliphatic rings. The third-order valence-electron chi connectivity index (χ3n) is 5.70. The maximum absolute atomic E-state index is 12.7. The van der Waals surface area contributed by atoms with Crippen LogP contribution in [0.25, 0.3) is 11.3 Å². The molecule has 2 fully saturated rings. The molecule has 6 heteroatoms. The maximum atomic E-state index is 12.7. The summed E-state index contributed by atoms with van der Waals surface area (Å²) >= 11 is 0. The zero-order valence-corrected chi connectivity index (χ0v) is 16.4. The number of aryl methyl sites for hydroxylation is 2. The Morgan fingerprint density at radius 3 is 2.68 bits per heavy atom. The van der Waals surface area contributed by atoms with Gasteiger partial charge in [0, 0.05) is 32.0 Å². The van der Waals surface area contributed by atoms with E-state index in [2.05, 4.69) is 19.1 Å². The molecule has 2 aliphatic heterocycles. The van der Waals surface area contributed by atoms with E-state index in [4.69, 9.17) is 9.15 Å². The minimum absolute atomic E-state index is 0.00222. The number of carbonyl (C=O) groups excluding carboxylic acids is 2. The summed E-state index contributed by atoms with van der Waals surface area (Å²) in [6, 6.07) is 12.1. The largest absolute Gasteiger partial charge is 0.461 e. The van der Waals surface area contributed by atoms with Gasteiger partial charge in [0.25, 0.3) is 0 Å². The molecule has 4 rings (SSSR count). The number of hydrogen-bond donors (Lipinski definition) is 0. The molecule has 0 aliphatic carbocycles. The molecule has 0 unspecified atom stereocenters. The number of likely N-dealkylation sites (tertiary alicyclic amines) is 1. The number of hydrogen-bond acceptors (Lipinski definition) is 4. The van der Waals surface area contributed by atoms with Gasteiger partial charge in [-0.3, -0.25) is 9.59 Å². The van der Waals surface area contributed by atoms with E-state index in [1.807, 2.05) is 29.2 Å². The highest BCUT2D eigenvalue weighted by atomic mass is 16.5. The summed E-state index contributed by atoms with van der Waals surface area (Å²) < 4.78 is 11.7. The van der Waals surface area contributed by atoms with E-state index in [0.29, 0.717) is 32.5 Å². The summed E-state index contributed by atoms with van der Waals surface area (Å²) in [7, 11) is 1.79. The van der Waals surface area contributed by atoms with E-state index in [0.717, 1.165) is 23.5 Å². The first-order chi connectivity index (χ1) is 13.4. The molecule has 2 aromatic rings. The number of furan rings is 1. The molecule has 0 N–H and O–H groups in total. The van der Waals surface area contributed by atoms with Gasteiger partial charge in [0.1, 0.15) is 23.7 Å². The second-order valence-corrected chi connectivity index (χ2v) is 7.92. The lowest BCUT2D eigenvalue weighted by Crippen LogP contribution is -2.54. The smallest absolute Gasteiger partial charge is 0.248 e. The van der Waals surface area contributed by atoms with Gasteiger partial charge in [-0.2, -0.15) is 0 Å². The first-order valence-electron chi connectivity index (χ1n) is 9.76. The van der Waals surface area contributed by atoms with Crippen LogP contribution in [-0.4, -0.2) is 60.5 Å². The number of morpholine rings is 1. The highest BCUT2D eigenvalue weighted by Crippen LogP contribution is 2.30. The number of rotatable bonds is 4. The molecule has 0 bridgehead atoms. The van der Waals surface area contributed by atoms with Gasteiger partial charge in [-0.15, -0.1) is 0 Å². The Bertz CT molecular complexity index is 873. The van der Waals surface area contributed by atoms with Crippen molar-refractivity contribution in [2.75, 3.05) is 33.3 Å². The van der Waals surface area contributed by atoms with Crippen LogP contribution in [0.3, 0.4) is 0 Å². The standard InChI is InChI=1S/C22H26N2O4/c1-16-3-5-17(6-4-16)19-9-7-18(28-19)8-10-20(25)24-12-11-22(15-24)14-23(2)21(26)13-27-22/h3-7,9H,8,10-15H2,1-2H3/t22-/m0/s1. The Morgan fingerprint density at radius 2 is 1.93 bits per heavy atom. The Kier molecular flexibility index (Phi) is 4.98. The molecule has 3 heterocycles. The van der Waals surface area contributed by atoms with Gasteiger partial charge in [0.2, 0.25) is 11.8 Å². The minimum Gasteiger partial charge on any atom is -0.461 e. The first-order valence-corrected chi connectivity index (χ1v) is 9.76. The van der Waals surface area contributed by atoms with Crippen molar-refractivity contribution in [2.45, 2.75) is 31.8 Å². The highest BCUT2D eigenvalue weighted by molar-refractivity contribution is 5.79. The summed E-state index contributed by atoms with van der Waals surface area (Å²) in [6.45, 7) is 3.93. The summed E-state index contributed by atoms with van der Waals surface area (Å²) in [5, 5.41) is 0. The molecule has 28 heavy (non-hydrogen) atoms. The Morgan fingerprint density at radius 1 is 1.14 bits per heavy atom. The number of ether oxygens (including phenoxy) is 1. The van der Waals surface area contributed by atoms with Crippen LogP contribution in [0.4, 0.5) is 0 Å². The van der Waals surface area contributed by atoms with E-state index in [1.54, 1.807) is 11.9 Å². The number of benzene rings is 1. The van der Waals surface area contributed by atoms with Gasteiger partial charge in [0.15, 0.2) is 0 Å². The second-order valence-electron chi connectivity index (χ2n) is 7.92. The van der Waals surface area contributed by atoms with Crippen LogP contribution in [-0.2, 0) is 20.7 Å². The third-order valence-corrected chi connectivity index (χ3v) is 5.70. The Labute approximate surface area is 165 Å². The molecule has 148 valence electrons. The van der Waals surface area contributed by atoms with Crippen molar-refractivity contribution in [3.8, 4) is 11.3 Å². The molecule has 1 aromatic carbocycles. The van der Waals surface area contributed by atoms with Crippen molar-refractivity contribution >= 4 is 11.8 Å². The molecular formula is C22H26N2O4. The van der Waals surface area contributed by atoms with Gasteiger partial charge < -0.3 is 19.0 Å². The van der Waals surface area contributed by atoms with E-state index >= 15 is 0 Å². The monoisotopic (exact) mass is 382 g/mol. The molecule has 0 saturated carbocycles. The lowest BCUT2D eigenvalue weighted by atomic mass is 10.0. The molecule has 6 nitrogen and oxygen atoms in total. The van der Waals surface area contributed by atoms with E-state index in [9.17, 15) is 9.59 Å². The lowest BCUT2D eigenvalue weighted by Gasteiger charge is -2.38. The Hall–Kier alpha value is -2.60. The molecule has 1 spiro atoms. The van der Waals surface area contributed by atoms with Crippen molar-refractivity contribution in [3.05, 3.63) is 47.7 Å². The highest BCUT2D eigenvalue weighted by Gasteiger charge is 2.45. The van der Waals surface area contributed by atoms with Crippen molar-refractivity contribution < 1.29 is 18.7 Å². The van der Waals surface area contributed by atoms with Crippen molar-refractivity contribution in [2.24, 2.45) is 0 Å². The summed E-state index contributed by atoms with van der Waals surface area (Å²) in [5.74, 6) is 1.74. The molecule has 1 aromatic heterocycles. The van der Waals surface area contributed by atoms with Crippen LogP contribution < -0.4 is 0 Å². The van der Waals surface area contributed by atoms with E-state index in [1.165, 1.54) is 5.56 Å². The average Bonchev–Trinajstić information content (AvgIpc) is 3.32. The fourth-order valence-electron chi connectivity index (χ4n) is 3.97. The van der Waals surface area contributed by atoms with Gasteiger partial charge in [-0.05, 0) is 25.5 Å². The molecule has 0 radical (unpaired) electrons. The number of carbonyl (C=O) groups is 2. The zero-order chi connectivity index (χ0) is 19.7. The van der Waals surface area contributed by atoms with Gasteiger partial charge in [-0.25, -0.2) is 0 Å². The predicted molar refractivity (Wildman–Crippen MR) is 105 cm³/mol. The topological polar surface area (TPSA) is 63.0 Å². The molecule has 1 atom stereocenters. The predicted octanol–water partition coefficient (Wildman–Crippen LogP) is 2.65. The first kappa shape index (κ1) is 18.7. The fraction of sp³-hybridized carbons (Fsp3) is 0.455. The van der Waals surface area contributed by atoms with Crippen LogP contribution in [0.5, 0.6) is 0 Å². The Balaban J connectivity index is 1.32. The normalized spacial score (nSPS) is 22.3. The summed E-state index contributed by atoms with van der Waals surface area (Å²) in [4.78, 5) is 27.8. The van der Waals surface area contributed by atoms with Gasteiger partial charge in [0.05, 0.1) is 13.1 Å². The molecule has 2 saturated heterocycles. The van der Waals surface area contributed by atoms with Gasteiger partial charge >= 0.3 is 0 Å². The number of nitrogens with zero attached hydrogens (tertiary/aromatic N) is 2. The SMILES string of the molecule is Cc1ccc(-c2ccc(CCC(=O)N3CC[C@]4(CN(C)C(=O)CO4)C3)o2)cc1. The molecular weight excluding hydrogens is 356 g/mol. The van der Waals surface area contributed by atoms with E-state index < -0.39 is 5.60 Å². The fourth-order valence-corrected chi connectivity index (χ4v) is 3.97. The number of likely N-dealkylation sites (N-methyl/N-ethyl adjacent to an activating group) is 1. The second kappa shape index (κ2) is 7.43. The molecule has 2 amide bonds. The van der Waals surface area contributed by atoms with Crippen molar-refractivity contribution in [1.29, 1.82) is 0 Å². The third kappa shape index (κ3) is 3.83. The van der Waals surface area contributed by atoms with Crippen molar-refractivity contribution in [3.63, 3.8) is 0 Å². The maximum Gasteiger partial charge on any atom is 0.248 e. The summed E-state index contributed by atoms with van der Waals surface area (Å²) in [5.41, 5.74) is 1.85. The number of amides is 2. The average molecular weight is 382 g/mol. The van der Waals surface area contributed by atoms with Crippen LogP contribution >= 0.6 is 0 Å². The van der Waals surface area contributed by atoms with Crippen LogP contribution in [0.15, 0.2) is 40.8 Å². The van der Waals surface area contributed by atoms with Crippen LogP contribution in [0.2, 0.25) is 0 Å². The van der Waals surface area contributed by atoms with E-state index in [-0.39, 0.29) is 18.4 Å². The quantitative estimate of drug-likeness (QED) is 0.816. The van der Waals surface area contributed by atoms with Crippen molar-refractivity contribution in [1.82, 2.24) is 9.80 Å².